The van der Waals surface area contributed by atoms with Gasteiger partial charge in [0.2, 0.25) is 11.7 Å². The molecule has 5 rings (SSSR count). The van der Waals surface area contributed by atoms with Crippen LogP contribution in [0, 0.1) is 0 Å². The molecule has 0 aliphatic carbocycles. The minimum atomic E-state index is -0.207. The number of amides is 1. The van der Waals surface area contributed by atoms with Gasteiger partial charge in [0.1, 0.15) is 6.04 Å². The second-order valence-electron chi connectivity index (χ2n) is 6.57. The monoisotopic (exact) mass is 359 g/mol. The lowest BCUT2D eigenvalue weighted by Crippen LogP contribution is -2.30. The maximum absolute atomic E-state index is 13.2. The van der Waals surface area contributed by atoms with Gasteiger partial charge >= 0.3 is 0 Å². The molecule has 7 heteroatoms. The highest BCUT2D eigenvalue weighted by Gasteiger charge is 2.35. The number of hydrogen-bond acceptors (Lipinski definition) is 5. The van der Waals surface area contributed by atoms with Crippen molar-refractivity contribution < 1.29 is 9.32 Å². The SMILES string of the molecule is O=C(c1cnn2ccccc12)N1CCC[C@@H]1c1nc(-c2ccccc2)no1. The van der Waals surface area contributed by atoms with Gasteiger partial charge in [-0.05, 0) is 25.0 Å². The summed E-state index contributed by atoms with van der Waals surface area (Å²) in [5, 5.41) is 8.37. The van der Waals surface area contributed by atoms with Crippen LogP contribution in [0.4, 0.5) is 0 Å². The van der Waals surface area contributed by atoms with Crippen LogP contribution in [-0.4, -0.2) is 37.1 Å². The van der Waals surface area contributed by atoms with Gasteiger partial charge in [-0.1, -0.05) is 41.6 Å². The molecule has 3 aromatic heterocycles. The first-order chi connectivity index (χ1) is 13.3. The minimum Gasteiger partial charge on any atom is -0.337 e. The van der Waals surface area contributed by atoms with E-state index in [4.69, 9.17) is 4.52 Å². The number of hydrogen-bond donors (Lipinski definition) is 0. The number of likely N-dealkylation sites (tertiary alicyclic amines) is 1. The fraction of sp³-hybridized carbons (Fsp3) is 0.200. The minimum absolute atomic E-state index is 0.0573. The van der Waals surface area contributed by atoms with Gasteiger partial charge in [0.15, 0.2) is 0 Å². The molecule has 134 valence electrons. The number of benzene rings is 1. The Morgan fingerprint density at radius 1 is 1.11 bits per heavy atom. The smallest absolute Gasteiger partial charge is 0.258 e. The van der Waals surface area contributed by atoms with Crippen LogP contribution in [-0.2, 0) is 0 Å². The Morgan fingerprint density at radius 2 is 1.96 bits per heavy atom. The van der Waals surface area contributed by atoms with Gasteiger partial charge in [-0.15, -0.1) is 0 Å². The van der Waals surface area contributed by atoms with E-state index in [0.717, 1.165) is 23.9 Å². The van der Waals surface area contributed by atoms with Gasteiger partial charge in [-0.25, -0.2) is 4.52 Å². The Balaban J connectivity index is 1.45. The number of aromatic nitrogens is 4. The van der Waals surface area contributed by atoms with Crippen molar-refractivity contribution in [2.24, 2.45) is 0 Å². The first-order valence-corrected chi connectivity index (χ1v) is 8.93. The van der Waals surface area contributed by atoms with Crippen LogP contribution in [0.15, 0.2) is 65.4 Å². The molecule has 0 bridgehead atoms. The molecule has 1 amide bonds. The first kappa shape index (κ1) is 15.7. The summed E-state index contributed by atoms with van der Waals surface area (Å²) in [7, 11) is 0. The first-order valence-electron chi connectivity index (χ1n) is 8.93. The fourth-order valence-electron chi connectivity index (χ4n) is 3.60. The van der Waals surface area contributed by atoms with Gasteiger partial charge in [-0.3, -0.25) is 4.79 Å². The number of pyridine rings is 1. The molecule has 1 atom stereocenters. The van der Waals surface area contributed by atoms with Crippen LogP contribution in [0.25, 0.3) is 16.9 Å². The van der Waals surface area contributed by atoms with E-state index in [0.29, 0.717) is 23.8 Å². The molecule has 4 heterocycles. The van der Waals surface area contributed by atoms with Crippen molar-refractivity contribution in [1.82, 2.24) is 24.7 Å². The number of nitrogens with zero attached hydrogens (tertiary/aromatic N) is 5. The Labute approximate surface area is 155 Å². The van der Waals surface area contributed by atoms with E-state index in [1.54, 1.807) is 10.7 Å². The summed E-state index contributed by atoms with van der Waals surface area (Å²) in [5.41, 5.74) is 2.28. The summed E-state index contributed by atoms with van der Waals surface area (Å²) >= 11 is 0. The molecule has 1 aliphatic heterocycles. The van der Waals surface area contributed by atoms with Crippen LogP contribution < -0.4 is 0 Å². The van der Waals surface area contributed by atoms with Crippen LogP contribution in [0.1, 0.15) is 35.1 Å². The normalized spacial score (nSPS) is 16.9. The van der Waals surface area contributed by atoms with Gasteiger partial charge in [0.25, 0.3) is 5.91 Å². The molecule has 1 saturated heterocycles. The molecular formula is C20H17N5O2. The van der Waals surface area contributed by atoms with Crippen molar-refractivity contribution in [3.05, 3.63) is 72.4 Å². The maximum atomic E-state index is 13.2. The summed E-state index contributed by atoms with van der Waals surface area (Å²) in [6.45, 7) is 0.663. The molecule has 0 unspecified atom stereocenters. The van der Waals surface area contributed by atoms with E-state index < -0.39 is 0 Å². The highest BCUT2D eigenvalue weighted by molar-refractivity contribution is 6.00. The van der Waals surface area contributed by atoms with Crippen LogP contribution in [0.5, 0.6) is 0 Å². The van der Waals surface area contributed by atoms with Crippen LogP contribution in [0.2, 0.25) is 0 Å². The maximum Gasteiger partial charge on any atom is 0.258 e. The molecule has 7 nitrogen and oxygen atoms in total. The lowest BCUT2D eigenvalue weighted by Gasteiger charge is -2.21. The molecule has 0 radical (unpaired) electrons. The van der Waals surface area contributed by atoms with Gasteiger partial charge < -0.3 is 9.42 Å². The average molecular weight is 359 g/mol. The molecule has 0 N–H and O–H groups in total. The molecule has 1 aromatic carbocycles. The highest BCUT2D eigenvalue weighted by atomic mass is 16.5. The van der Waals surface area contributed by atoms with E-state index in [-0.39, 0.29) is 11.9 Å². The third-order valence-electron chi connectivity index (χ3n) is 4.93. The summed E-state index contributed by atoms with van der Waals surface area (Å²) in [4.78, 5) is 19.5. The standard InChI is InChI=1S/C20H17N5O2/c26-20(15-13-21-25-12-5-4-9-16(15)25)24-11-6-10-17(24)19-22-18(23-27-19)14-7-2-1-3-8-14/h1-5,7-9,12-13,17H,6,10-11H2/t17-/m1/s1. The second-order valence-corrected chi connectivity index (χ2v) is 6.57. The van der Waals surface area contributed by atoms with Crippen LogP contribution >= 0.6 is 0 Å². The van der Waals surface area contributed by atoms with Gasteiger partial charge in [0, 0.05) is 18.3 Å². The predicted molar refractivity (Wildman–Crippen MR) is 97.9 cm³/mol. The highest BCUT2D eigenvalue weighted by Crippen LogP contribution is 2.33. The Kier molecular flexibility index (Phi) is 3.71. The van der Waals surface area contributed by atoms with Crippen molar-refractivity contribution in [3.63, 3.8) is 0 Å². The van der Waals surface area contributed by atoms with Gasteiger partial charge in [-0.2, -0.15) is 10.1 Å². The van der Waals surface area contributed by atoms with Crippen LogP contribution in [0.3, 0.4) is 0 Å². The van der Waals surface area contributed by atoms with Crippen molar-refractivity contribution >= 4 is 11.4 Å². The summed E-state index contributed by atoms with van der Waals surface area (Å²) in [6, 6.07) is 15.2. The third kappa shape index (κ3) is 2.68. The van der Waals surface area contributed by atoms with E-state index in [1.165, 1.54) is 0 Å². The zero-order valence-corrected chi connectivity index (χ0v) is 14.5. The lowest BCUT2D eigenvalue weighted by molar-refractivity contribution is 0.0712. The van der Waals surface area contributed by atoms with E-state index in [9.17, 15) is 4.79 Å². The molecule has 4 aromatic rings. The zero-order chi connectivity index (χ0) is 18.2. The Morgan fingerprint density at radius 3 is 2.85 bits per heavy atom. The Hall–Kier alpha value is -3.48. The molecule has 27 heavy (non-hydrogen) atoms. The Bertz CT molecular complexity index is 1100. The summed E-state index contributed by atoms with van der Waals surface area (Å²) < 4.78 is 7.22. The van der Waals surface area contributed by atoms with E-state index >= 15 is 0 Å². The summed E-state index contributed by atoms with van der Waals surface area (Å²) in [6.07, 6.45) is 5.16. The number of rotatable bonds is 3. The molecule has 1 aliphatic rings. The molecule has 0 spiro atoms. The van der Waals surface area contributed by atoms with E-state index in [2.05, 4.69) is 15.2 Å². The van der Waals surface area contributed by atoms with Crippen molar-refractivity contribution in [1.29, 1.82) is 0 Å². The van der Waals surface area contributed by atoms with Crippen molar-refractivity contribution in [2.75, 3.05) is 6.54 Å². The number of carbonyl (C=O) groups excluding carboxylic acids is 1. The number of carbonyl (C=O) groups is 1. The summed E-state index contributed by atoms with van der Waals surface area (Å²) in [5.74, 6) is 0.968. The zero-order valence-electron chi connectivity index (χ0n) is 14.5. The average Bonchev–Trinajstić information content (AvgIpc) is 3.46. The topological polar surface area (TPSA) is 76.5 Å². The number of fused-ring (bicyclic) bond motifs is 1. The molecule has 0 saturated carbocycles. The lowest BCUT2D eigenvalue weighted by atomic mass is 10.2. The molecular weight excluding hydrogens is 342 g/mol. The quantitative estimate of drug-likeness (QED) is 0.561. The molecule has 1 fully saturated rings. The predicted octanol–water partition coefficient (Wildman–Crippen LogP) is 3.36. The largest absolute Gasteiger partial charge is 0.337 e. The van der Waals surface area contributed by atoms with Crippen molar-refractivity contribution in [3.8, 4) is 11.4 Å². The van der Waals surface area contributed by atoms with E-state index in [1.807, 2.05) is 59.6 Å². The second kappa shape index (κ2) is 6.35. The van der Waals surface area contributed by atoms with Gasteiger partial charge in [0.05, 0.1) is 17.3 Å². The third-order valence-corrected chi connectivity index (χ3v) is 4.93. The fourth-order valence-corrected chi connectivity index (χ4v) is 3.60. The van der Waals surface area contributed by atoms with Crippen molar-refractivity contribution in [2.45, 2.75) is 18.9 Å².